The third kappa shape index (κ3) is 4.19. The summed E-state index contributed by atoms with van der Waals surface area (Å²) in [7, 11) is 0. The zero-order valence-electron chi connectivity index (χ0n) is 10.8. The van der Waals surface area contributed by atoms with Crippen LogP contribution in [0.3, 0.4) is 0 Å². The summed E-state index contributed by atoms with van der Waals surface area (Å²) in [4.78, 5) is 13.9. The van der Waals surface area contributed by atoms with Crippen molar-refractivity contribution in [3.8, 4) is 0 Å². The lowest BCUT2D eigenvalue weighted by Gasteiger charge is -2.20. The maximum absolute atomic E-state index is 12.0. The molecule has 17 heavy (non-hydrogen) atoms. The van der Waals surface area contributed by atoms with Crippen molar-refractivity contribution in [2.45, 2.75) is 33.2 Å². The molecule has 1 aromatic carbocycles. The highest BCUT2D eigenvalue weighted by Gasteiger charge is 2.10. The number of nitrogens with two attached hydrogens (primary N) is 1. The van der Waals surface area contributed by atoms with Crippen molar-refractivity contribution in [3.05, 3.63) is 35.4 Å². The summed E-state index contributed by atoms with van der Waals surface area (Å²) in [5, 5.41) is 0. The highest BCUT2D eigenvalue weighted by Crippen LogP contribution is 2.06. The summed E-state index contributed by atoms with van der Waals surface area (Å²) >= 11 is 0. The number of benzene rings is 1. The minimum absolute atomic E-state index is 0.204. The van der Waals surface area contributed by atoms with Crippen LogP contribution in [0.2, 0.25) is 0 Å². The van der Waals surface area contributed by atoms with E-state index < -0.39 is 0 Å². The van der Waals surface area contributed by atoms with Crippen LogP contribution >= 0.6 is 0 Å². The fraction of sp³-hybridized carbons (Fsp3) is 0.500. The lowest BCUT2D eigenvalue weighted by molar-refractivity contribution is -0.130. The summed E-state index contributed by atoms with van der Waals surface area (Å²) in [6, 6.07) is 7.94. The van der Waals surface area contributed by atoms with Gasteiger partial charge in [-0.25, -0.2) is 0 Å². The van der Waals surface area contributed by atoms with Crippen LogP contribution in [0.25, 0.3) is 0 Å². The molecule has 0 saturated heterocycles. The first kappa shape index (κ1) is 13.7. The van der Waals surface area contributed by atoms with Gasteiger partial charge in [0.2, 0.25) is 5.91 Å². The van der Waals surface area contributed by atoms with Gasteiger partial charge in [-0.15, -0.1) is 0 Å². The van der Waals surface area contributed by atoms with Crippen LogP contribution in [0.4, 0.5) is 0 Å². The molecule has 0 aliphatic carbocycles. The third-order valence-electron chi connectivity index (χ3n) is 2.84. The number of rotatable bonds is 6. The summed E-state index contributed by atoms with van der Waals surface area (Å²) in [6.45, 7) is 6.28. The maximum Gasteiger partial charge on any atom is 0.226 e. The average Bonchev–Trinajstić information content (AvgIpc) is 2.36. The van der Waals surface area contributed by atoms with Crippen LogP contribution < -0.4 is 5.73 Å². The zero-order chi connectivity index (χ0) is 12.7. The monoisotopic (exact) mass is 234 g/mol. The van der Waals surface area contributed by atoms with Gasteiger partial charge < -0.3 is 10.6 Å². The van der Waals surface area contributed by atoms with Gasteiger partial charge >= 0.3 is 0 Å². The Morgan fingerprint density at radius 2 is 1.76 bits per heavy atom. The van der Waals surface area contributed by atoms with E-state index in [9.17, 15) is 4.79 Å². The lowest BCUT2D eigenvalue weighted by Crippen LogP contribution is -2.32. The topological polar surface area (TPSA) is 46.3 Å². The minimum atomic E-state index is 0.204. The summed E-state index contributed by atoms with van der Waals surface area (Å²) in [5.74, 6) is 0.204. The molecular formula is C14H22N2O. The maximum atomic E-state index is 12.0. The molecule has 0 aliphatic heterocycles. The molecule has 0 fully saturated rings. The van der Waals surface area contributed by atoms with Crippen LogP contribution in [-0.2, 0) is 17.8 Å². The van der Waals surface area contributed by atoms with Crippen molar-refractivity contribution >= 4 is 5.91 Å². The molecule has 0 spiro atoms. The van der Waals surface area contributed by atoms with Crippen molar-refractivity contribution in [1.82, 2.24) is 4.90 Å². The molecule has 0 bridgehead atoms. The highest BCUT2D eigenvalue weighted by molar-refractivity contribution is 5.78. The van der Waals surface area contributed by atoms with Gasteiger partial charge in [-0.1, -0.05) is 31.2 Å². The summed E-state index contributed by atoms with van der Waals surface area (Å²) in [5.41, 5.74) is 7.69. The van der Waals surface area contributed by atoms with Crippen LogP contribution in [0.15, 0.2) is 24.3 Å². The van der Waals surface area contributed by atoms with Crippen molar-refractivity contribution in [3.63, 3.8) is 0 Å². The molecule has 1 aromatic rings. The number of likely N-dealkylation sites (N-methyl/N-ethyl adjacent to an activating group) is 1. The second-order valence-electron chi connectivity index (χ2n) is 4.17. The van der Waals surface area contributed by atoms with Gasteiger partial charge in [0.05, 0.1) is 6.42 Å². The molecular weight excluding hydrogens is 212 g/mol. The lowest BCUT2D eigenvalue weighted by atomic mass is 10.1. The van der Waals surface area contributed by atoms with E-state index in [1.165, 1.54) is 0 Å². The molecule has 0 aliphatic rings. The Bertz CT molecular complexity index is 346. The molecule has 1 rings (SSSR count). The molecule has 1 amide bonds. The van der Waals surface area contributed by atoms with Crippen molar-refractivity contribution in [1.29, 1.82) is 0 Å². The molecule has 3 nitrogen and oxygen atoms in total. The molecule has 0 heterocycles. The molecule has 0 unspecified atom stereocenters. The van der Waals surface area contributed by atoms with Gasteiger partial charge in [0.15, 0.2) is 0 Å². The molecule has 94 valence electrons. The Morgan fingerprint density at radius 3 is 2.24 bits per heavy atom. The van der Waals surface area contributed by atoms with Crippen LogP contribution in [0.5, 0.6) is 0 Å². The van der Waals surface area contributed by atoms with Crippen molar-refractivity contribution in [2.75, 3.05) is 13.1 Å². The zero-order valence-corrected chi connectivity index (χ0v) is 10.8. The molecule has 0 aromatic heterocycles. The second kappa shape index (κ2) is 7.07. The first-order valence-corrected chi connectivity index (χ1v) is 6.26. The summed E-state index contributed by atoms with van der Waals surface area (Å²) in [6.07, 6.45) is 1.49. The van der Waals surface area contributed by atoms with E-state index in [2.05, 4.69) is 6.92 Å². The smallest absolute Gasteiger partial charge is 0.226 e. The Balaban J connectivity index is 2.59. The van der Waals surface area contributed by atoms with E-state index in [0.29, 0.717) is 13.0 Å². The SMILES string of the molecule is CCCN(CC)C(=O)Cc1ccc(CN)cc1. The van der Waals surface area contributed by atoms with Crippen molar-refractivity contribution in [2.24, 2.45) is 5.73 Å². The van der Waals surface area contributed by atoms with E-state index in [4.69, 9.17) is 5.73 Å². The molecule has 3 heteroatoms. The molecule has 0 radical (unpaired) electrons. The van der Waals surface area contributed by atoms with Gasteiger partial charge in [0.1, 0.15) is 0 Å². The molecule has 2 N–H and O–H groups in total. The Morgan fingerprint density at radius 1 is 1.18 bits per heavy atom. The minimum Gasteiger partial charge on any atom is -0.343 e. The number of hydrogen-bond donors (Lipinski definition) is 1. The summed E-state index contributed by atoms with van der Waals surface area (Å²) < 4.78 is 0. The predicted molar refractivity (Wildman–Crippen MR) is 70.6 cm³/mol. The number of carbonyl (C=O) groups excluding carboxylic acids is 1. The number of hydrogen-bond acceptors (Lipinski definition) is 2. The van der Waals surface area contributed by atoms with Crippen LogP contribution in [0, 0.1) is 0 Å². The Labute approximate surface area is 104 Å². The van der Waals surface area contributed by atoms with Gasteiger partial charge in [-0.05, 0) is 24.5 Å². The Kier molecular flexibility index (Phi) is 5.70. The second-order valence-corrected chi connectivity index (χ2v) is 4.17. The number of amides is 1. The highest BCUT2D eigenvalue weighted by atomic mass is 16.2. The van der Waals surface area contributed by atoms with Gasteiger partial charge in [0.25, 0.3) is 0 Å². The number of nitrogens with zero attached hydrogens (tertiary/aromatic N) is 1. The van der Waals surface area contributed by atoms with Crippen LogP contribution in [-0.4, -0.2) is 23.9 Å². The van der Waals surface area contributed by atoms with E-state index in [-0.39, 0.29) is 5.91 Å². The average molecular weight is 234 g/mol. The van der Waals surface area contributed by atoms with Crippen molar-refractivity contribution < 1.29 is 4.79 Å². The fourth-order valence-electron chi connectivity index (χ4n) is 1.81. The largest absolute Gasteiger partial charge is 0.343 e. The van der Waals surface area contributed by atoms with E-state index in [0.717, 1.165) is 30.6 Å². The molecule has 0 saturated carbocycles. The van der Waals surface area contributed by atoms with E-state index >= 15 is 0 Å². The van der Waals surface area contributed by atoms with E-state index in [1.807, 2.05) is 36.1 Å². The van der Waals surface area contributed by atoms with Gasteiger partial charge in [-0.2, -0.15) is 0 Å². The first-order valence-electron chi connectivity index (χ1n) is 6.26. The molecule has 0 atom stereocenters. The van der Waals surface area contributed by atoms with Gasteiger partial charge in [-0.3, -0.25) is 4.79 Å². The number of carbonyl (C=O) groups is 1. The Hall–Kier alpha value is -1.35. The third-order valence-corrected chi connectivity index (χ3v) is 2.84. The normalized spacial score (nSPS) is 10.3. The standard InChI is InChI=1S/C14H22N2O/c1-3-9-16(4-2)14(17)10-12-5-7-13(11-15)8-6-12/h5-8H,3-4,9-11,15H2,1-2H3. The van der Waals surface area contributed by atoms with Crippen LogP contribution in [0.1, 0.15) is 31.4 Å². The first-order chi connectivity index (χ1) is 8.21. The van der Waals surface area contributed by atoms with E-state index in [1.54, 1.807) is 0 Å². The quantitative estimate of drug-likeness (QED) is 0.817. The fourth-order valence-corrected chi connectivity index (χ4v) is 1.81. The van der Waals surface area contributed by atoms with Gasteiger partial charge in [0, 0.05) is 19.6 Å². The predicted octanol–water partition coefficient (Wildman–Crippen LogP) is 1.95.